The molecule has 26 heavy (non-hydrogen) atoms. The van der Waals surface area contributed by atoms with Gasteiger partial charge in [-0.3, -0.25) is 4.99 Å². The van der Waals surface area contributed by atoms with Gasteiger partial charge in [0.1, 0.15) is 17.6 Å². The molecule has 0 saturated heterocycles. The van der Waals surface area contributed by atoms with E-state index in [1.807, 2.05) is 13.1 Å². The molecule has 0 spiro atoms. The molecule has 1 unspecified atom stereocenters. The lowest BCUT2D eigenvalue weighted by Crippen LogP contribution is -2.21. The van der Waals surface area contributed by atoms with Crippen molar-refractivity contribution < 1.29 is 4.74 Å². The molecule has 0 bridgehead atoms. The number of nitrogen functional groups attached to an aromatic ring is 1. The quantitative estimate of drug-likeness (QED) is 0.728. The highest BCUT2D eigenvalue weighted by molar-refractivity contribution is 5.68. The number of aliphatic imine (C=N–C) groups is 1. The van der Waals surface area contributed by atoms with Crippen molar-refractivity contribution >= 4 is 17.7 Å². The topological polar surface area (TPSA) is 97.5 Å². The second-order valence-corrected chi connectivity index (χ2v) is 6.84. The number of nitrogens with one attached hydrogen (secondary N) is 2. The molecule has 1 fully saturated rings. The van der Waals surface area contributed by atoms with Crippen LogP contribution in [0.1, 0.15) is 49.0 Å². The fourth-order valence-corrected chi connectivity index (χ4v) is 3.37. The van der Waals surface area contributed by atoms with Crippen molar-refractivity contribution in [2.24, 2.45) is 10.9 Å². The minimum atomic E-state index is -0.345. The first-order valence-corrected chi connectivity index (χ1v) is 9.01. The highest BCUT2D eigenvalue weighted by Gasteiger charge is 2.29. The van der Waals surface area contributed by atoms with Crippen LogP contribution in [-0.4, -0.2) is 22.7 Å². The molecule has 1 atom stereocenters. The minimum Gasteiger partial charge on any atom is -0.471 e. The van der Waals surface area contributed by atoms with Crippen molar-refractivity contribution in [2.45, 2.75) is 38.8 Å². The van der Waals surface area contributed by atoms with Gasteiger partial charge >= 0.3 is 0 Å². The molecule has 0 amide bonds. The summed E-state index contributed by atoms with van der Waals surface area (Å²) < 4.78 is 5.43. The molecular formula is C19H24N6O. The monoisotopic (exact) mass is 352 g/mol. The van der Waals surface area contributed by atoms with Crippen LogP contribution in [0.25, 0.3) is 5.70 Å². The molecular weight excluding hydrogens is 328 g/mol. The van der Waals surface area contributed by atoms with E-state index in [9.17, 15) is 0 Å². The Bertz CT molecular complexity index is 814. The summed E-state index contributed by atoms with van der Waals surface area (Å²) in [5, 5.41) is 6.39. The van der Waals surface area contributed by atoms with E-state index in [-0.39, 0.29) is 6.23 Å². The molecule has 0 radical (unpaired) electrons. The summed E-state index contributed by atoms with van der Waals surface area (Å²) in [6.45, 7) is 6.63. The van der Waals surface area contributed by atoms with Crippen LogP contribution in [0.2, 0.25) is 0 Å². The number of hydrogen-bond acceptors (Lipinski definition) is 7. The zero-order valence-electron chi connectivity index (χ0n) is 15.0. The van der Waals surface area contributed by atoms with Crippen LogP contribution < -0.4 is 16.4 Å². The minimum absolute atomic E-state index is 0.337. The summed E-state index contributed by atoms with van der Waals surface area (Å²) in [5.74, 6) is 1.07. The van der Waals surface area contributed by atoms with Crippen molar-refractivity contribution in [3.8, 4) is 0 Å². The van der Waals surface area contributed by atoms with Crippen LogP contribution in [-0.2, 0) is 4.74 Å². The van der Waals surface area contributed by atoms with Crippen LogP contribution in [0.15, 0.2) is 35.3 Å². The van der Waals surface area contributed by atoms with Gasteiger partial charge in [0.15, 0.2) is 5.82 Å². The largest absolute Gasteiger partial charge is 0.471 e. The van der Waals surface area contributed by atoms with Gasteiger partial charge in [-0.05, 0) is 44.1 Å². The Hall–Kier alpha value is -2.83. The Labute approximate surface area is 153 Å². The van der Waals surface area contributed by atoms with E-state index in [1.165, 1.54) is 18.4 Å². The molecule has 0 aromatic carbocycles. The zero-order valence-corrected chi connectivity index (χ0v) is 15.0. The summed E-state index contributed by atoms with van der Waals surface area (Å²) in [6, 6.07) is 0. The van der Waals surface area contributed by atoms with Crippen LogP contribution in [0.5, 0.6) is 0 Å². The molecule has 1 aromatic heterocycles. The van der Waals surface area contributed by atoms with Gasteiger partial charge in [-0.25, -0.2) is 9.97 Å². The SMILES string of the molecule is C=C(NCC1=C(C2CC2)CCC=N1)c1nc(C)c(C2NC=CO2)nc1N. The molecule has 1 aromatic rings. The van der Waals surface area contributed by atoms with Crippen LogP contribution >= 0.6 is 0 Å². The number of aryl methyl sites for hydroxylation is 1. The molecule has 1 saturated carbocycles. The molecule has 3 aliphatic rings. The Balaban J connectivity index is 1.48. The predicted molar refractivity (Wildman–Crippen MR) is 102 cm³/mol. The number of aromatic nitrogens is 2. The molecule has 3 heterocycles. The smallest absolute Gasteiger partial charge is 0.214 e. The number of nitrogens with zero attached hydrogens (tertiary/aromatic N) is 3. The van der Waals surface area contributed by atoms with Gasteiger partial charge in [0.25, 0.3) is 0 Å². The highest BCUT2D eigenvalue weighted by atomic mass is 16.5. The second-order valence-electron chi connectivity index (χ2n) is 6.84. The molecule has 2 aliphatic heterocycles. The fourth-order valence-electron chi connectivity index (χ4n) is 3.37. The van der Waals surface area contributed by atoms with E-state index in [0.29, 0.717) is 29.4 Å². The number of allylic oxidation sites excluding steroid dienone is 1. The van der Waals surface area contributed by atoms with E-state index in [4.69, 9.17) is 10.5 Å². The summed E-state index contributed by atoms with van der Waals surface area (Å²) in [6.07, 6.45) is 9.72. The van der Waals surface area contributed by atoms with Gasteiger partial charge in [-0.15, -0.1) is 0 Å². The Morgan fingerprint density at radius 2 is 2.27 bits per heavy atom. The third kappa shape index (κ3) is 3.29. The third-order valence-corrected chi connectivity index (χ3v) is 4.90. The highest BCUT2D eigenvalue weighted by Crippen LogP contribution is 2.41. The van der Waals surface area contributed by atoms with Gasteiger partial charge in [0.05, 0.1) is 23.6 Å². The fraction of sp³-hybridized carbons (Fsp3) is 0.421. The molecule has 1 aliphatic carbocycles. The number of ether oxygens (including phenoxy) is 1. The van der Waals surface area contributed by atoms with Crippen LogP contribution in [0.4, 0.5) is 5.82 Å². The molecule has 4 N–H and O–H groups in total. The maximum absolute atomic E-state index is 6.13. The van der Waals surface area contributed by atoms with Crippen LogP contribution in [0.3, 0.4) is 0 Å². The molecule has 7 nitrogen and oxygen atoms in total. The first kappa shape index (κ1) is 16.6. The van der Waals surface area contributed by atoms with E-state index in [1.54, 1.807) is 12.5 Å². The number of nitrogens with two attached hydrogens (primary N) is 1. The number of rotatable bonds is 6. The van der Waals surface area contributed by atoms with E-state index in [2.05, 4.69) is 32.2 Å². The van der Waals surface area contributed by atoms with E-state index < -0.39 is 0 Å². The van der Waals surface area contributed by atoms with Crippen molar-refractivity contribution in [1.82, 2.24) is 20.6 Å². The Morgan fingerprint density at radius 1 is 1.42 bits per heavy atom. The zero-order chi connectivity index (χ0) is 18.1. The second kappa shape index (κ2) is 6.82. The Morgan fingerprint density at radius 3 is 3.00 bits per heavy atom. The van der Waals surface area contributed by atoms with Crippen molar-refractivity contribution in [3.05, 3.63) is 47.4 Å². The maximum atomic E-state index is 6.13. The van der Waals surface area contributed by atoms with Gasteiger partial charge in [0, 0.05) is 12.4 Å². The van der Waals surface area contributed by atoms with Gasteiger partial charge in [-0.1, -0.05) is 6.58 Å². The van der Waals surface area contributed by atoms with Crippen molar-refractivity contribution in [1.29, 1.82) is 0 Å². The average molecular weight is 352 g/mol. The lowest BCUT2D eigenvalue weighted by molar-refractivity contribution is 0.149. The van der Waals surface area contributed by atoms with E-state index >= 15 is 0 Å². The van der Waals surface area contributed by atoms with Gasteiger partial charge < -0.3 is 21.1 Å². The lowest BCUT2D eigenvalue weighted by atomic mass is 10.0. The molecule has 7 heteroatoms. The standard InChI is InChI=1S/C19H24N6O/c1-11(23-10-15-14(13-5-6-13)4-3-7-21-15)16-18(20)25-17(12(2)24-16)19-22-8-9-26-19/h7-9,13,19,22-23H,1,3-6,10H2,2H3,(H2,20,25). The maximum Gasteiger partial charge on any atom is 0.214 e. The lowest BCUT2D eigenvalue weighted by Gasteiger charge is -2.18. The Kier molecular flexibility index (Phi) is 4.36. The number of hydrogen-bond donors (Lipinski definition) is 3. The first-order chi connectivity index (χ1) is 12.6. The summed E-state index contributed by atoms with van der Waals surface area (Å²) in [7, 11) is 0. The van der Waals surface area contributed by atoms with Crippen molar-refractivity contribution in [2.75, 3.05) is 12.3 Å². The first-order valence-electron chi connectivity index (χ1n) is 9.01. The summed E-state index contributed by atoms with van der Waals surface area (Å²) in [5.41, 5.74) is 11.4. The van der Waals surface area contributed by atoms with E-state index in [0.717, 1.165) is 30.2 Å². The molecule has 4 rings (SSSR count). The average Bonchev–Trinajstić information content (AvgIpc) is 3.35. The van der Waals surface area contributed by atoms with Gasteiger partial charge in [0.2, 0.25) is 6.23 Å². The molecule has 136 valence electrons. The summed E-state index contributed by atoms with van der Waals surface area (Å²) >= 11 is 0. The van der Waals surface area contributed by atoms with Crippen molar-refractivity contribution in [3.63, 3.8) is 0 Å². The predicted octanol–water partition coefficient (Wildman–Crippen LogP) is 2.55. The normalized spacial score (nSPS) is 21.5. The van der Waals surface area contributed by atoms with Crippen LogP contribution in [0, 0.1) is 12.8 Å². The third-order valence-electron chi connectivity index (χ3n) is 4.90. The van der Waals surface area contributed by atoms with Gasteiger partial charge in [-0.2, -0.15) is 0 Å². The summed E-state index contributed by atoms with van der Waals surface area (Å²) in [4.78, 5) is 13.7. The number of anilines is 1.